The van der Waals surface area contributed by atoms with Gasteiger partial charge in [0.25, 0.3) is 0 Å². The van der Waals surface area contributed by atoms with Gasteiger partial charge in [0, 0.05) is 25.2 Å². The van der Waals surface area contributed by atoms with Crippen LogP contribution in [0.25, 0.3) is 0 Å². The van der Waals surface area contributed by atoms with Crippen LogP contribution in [0.15, 0.2) is 0 Å². The first kappa shape index (κ1) is 14.0. The van der Waals surface area contributed by atoms with Crippen molar-refractivity contribution in [3.05, 3.63) is 0 Å². The second-order valence-electron chi connectivity index (χ2n) is 5.36. The second-order valence-corrected chi connectivity index (χ2v) is 5.36. The Kier molecular flexibility index (Phi) is 6.37. The molecule has 1 rings (SSSR count). The van der Waals surface area contributed by atoms with Gasteiger partial charge in [-0.3, -0.25) is 4.90 Å². The second kappa shape index (κ2) is 7.29. The average Bonchev–Trinajstić information content (AvgIpc) is 2.30. The van der Waals surface area contributed by atoms with Crippen molar-refractivity contribution in [3.63, 3.8) is 0 Å². The minimum Gasteiger partial charge on any atom is -0.313 e. The van der Waals surface area contributed by atoms with Crippen molar-refractivity contribution in [1.29, 1.82) is 0 Å². The fourth-order valence-corrected chi connectivity index (χ4v) is 2.73. The van der Waals surface area contributed by atoms with E-state index in [1.54, 1.807) is 0 Å². The lowest BCUT2D eigenvalue weighted by atomic mass is 9.92. The van der Waals surface area contributed by atoms with Gasteiger partial charge < -0.3 is 5.32 Å². The van der Waals surface area contributed by atoms with E-state index >= 15 is 0 Å². The van der Waals surface area contributed by atoms with Crippen molar-refractivity contribution in [2.24, 2.45) is 5.92 Å². The fourth-order valence-electron chi connectivity index (χ4n) is 2.73. The summed E-state index contributed by atoms with van der Waals surface area (Å²) in [4.78, 5) is 2.66. The van der Waals surface area contributed by atoms with Crippen LogP contribution in [0.3, 0.4) is 0 Å². The number of piperidine rings is 1. The Bertz CT molecular complexity index is 178. The number of hydrogen-bond acceptors (Lipinski definition) is 2. The standard InChI is InChI=1S/C14H30N2/c1-5-14(6-2)15-9-11-16-10-7-8-12(3)13(16)4/h12-15H,5-11H2,1-4H3. The van der Waals surface area contributed by atoms with E-state index < -0.39 is 0 Å². The van der Waals surface area contributed by atoms with E-state index in [9.17, 15) is 0 Å². The highest BCUT2D eigenvalue weighted by molar-refractivity contribution is 4.79. The zero-order chi connectivity index (χ0) is 12.0. The molecule has 0 aromatic heterocycles. The molecule has 1 heterocycles. The molecule has 2 unspecified atom stereocenters. The predicted octanol–water partition coefficient (Wildman–Crippen LogP) is 2.89. The molecule has 0 aliphatic carbocycles. The van der Waals surface area contributed by atoms with Gasteiger partial charge in [-0.1, -0.05) is 20.8 Å². The van der Waals surface area contributed by atoms with Crippen molar-refractivity contribution in [2.75, 3.05) is 19.6 Å². The summed E-state index contributed by atoms with van der Waals surface area (Å²) in [6, 6.07) is 1.50. The number of hydrogen-bond donors (Lipinski definition) is 1. The number of rotatable bonds is 6. The van der Waals surface area contributed by atoms with Crippen LogP contribution in [0, 0.1) is 5.92 Å². The summed E-state index contributed by atoms with van der Waals surface area (Å²) in [6.45, 7) is 13.0. The molecule has 1 N–H and O–H groups in total. The first-order valence-corrected chi connectivity index (χ1v) is 7.16. The first-order chi connectivity index (χ1) is 7.69. The van der Waals surface area contributed by atoms with Crippen LogP contribution in [0.2, 0.25) is 0 Å². The quantitative estimate of drug-likeness (QED) is 0.749. The van der Waals surface area contributed by atoms with E-state index in [4.69, 9.17) is 0 Å². The molecular formula is C14H30N2. The van der Waals surface area contributed by atoms with Crippen LogP contribution in [-0.2, 0) is 0 Å². The van der Waals surface area contributed by atoms with E-state index in [0.717, 1.165) is 24.5 Å². The highest BCUT2D eigenvalue weighted by Gasteiger charge is 2.23. The van der Waals surface area contributed by atoms with Crippen molar-refractivity contribution in [3.8, 4) is 0 Å². The minimum atomic E-state index is 0.720. The van der Waals surface area contributed by atoms with Crippen LogP contribution >= 0.6 is 0 Å². The lowest BCUT2D eigenvalue weighted by Gasteiger charge is -2.38. The summed E-state index contributed by atoms with van der Waals surface area (Å²) in [5.74, 6) is 0.877. The number of likely N-dealkylation sites (tertiary alicyclic amines) is 1. The van der Waals surface area contributed by atoms with Gasteiger partial charge in [-0.25, -0.2) is 0 Å². The molecule has 2 nitrogen and oxygen atoms in total. The largest absolute Gasteiger partial charge is 0.313 e. The maximum Gasteiger partial charge on any atom is 0.0110 e. The molecular weight excluding hydrogens is 196 g/mol. The molecule has 2 atom stereocenters. The van der Waals surface area contributed by atoms with Crippen molar-refractivity contribution < 1.29 is 0 Å². The highest BCUT2D eigenvalue weighted by atomic mass is 15.2. The van der Waals surface area contributed by atoms with Gasteiger partial charge in [-0.05, 0) is 45.1 Å². The van der Waals surface area contributed by atoms with Crippen molar-refractivity contribution >= 4 is 0 Å². The Balaban J connectivity index is 2.21. The SMILES string of the molecule is CCC(CC)NCCN1CCCC(C)C1C. The summed E-state index contributed by atoms with van der Waals surface area (Å²) >= 11 is 0. The Hall–Kier alpha value is -0.0800. The van der Waals surface area contributed by atoms with Crippen LogP contribution in [0.5, 0.6) is 0 Å². The Labute approximate surface area is 102 Å². The summed E-state index contributed by atoms with van der Waals surface area (Å²) in [6.07, 6.45) is 5.30. The first-order valence-electron chi connectivity index (χ1n) is 7.16. The molecule has 1 saturated heterocycles. The smallest absolute Gasteiger partial charge is 0.0110 e. The van der Waals surface area contributed by atoms with Gasteiger partial charge >= 0.3 is 0 Å². The molecule has 1 aliphatic heterocycles. The third-order valence-electron chi connectivity index (χ3n) is 4.32. The third kappa shape index (κ3) is 4.06. The lowest BCUT2D eigenvalue weighted by molar-refractivity contribution is 0.113. The van der Waals surface area contributed by atoms with E-state index in [-0.39, 0.29) is 0 Å². The zero-order valence-electron chi connectivity index (χ0n) is 11.6. The molecule has 96 valence electrons. The Morgan fingerprint density at radius 3 is 2.56 bits per heavy atom. The molecule has 1 aliphatic rings. The molecule has 0 spiro atoms. The fraction of sp³-hybridized carbons (Fsp3) is 1.00. The van der Waals surface area contributed by atoms with Gasteiger partial charge in [0.15, 0.2) is 0 Å². The lowest BCUT2D eigenvalue weighted by Crippen LogP contribution is -2.46. The van der Waals surface area contributed by atoms with E-state index in [2.05, 4.69) is 37.9 Å². The zero-order valence-corrected chi connectivity index (χ0v) is 11.6. The van der Waals surface area contributed by atoms with Gasteiger partial charge in [0.05, 0.1) is 0 Å². The molecule has 16 heavy (non-hydrogen) atoms. The maximum absolute atomic E-state index is 3.66. The van der Waals surface area contributed by atoms with Crippen LogP contribution in [-0.4, -0.2) is 36.6 Å². The molecule has 0 amide bonds. The minimum absolute atomic E-state index is 0.720. The van der Waals surface area contributed by atoms with Gasteiger partial charge in [-0.2, -0.15) is 0 Å². The average molecular weight is 226 g/mol. The number of nitrogens with one attached hydrogen (secondary N) is 1. The molecule has 0 bridgehead atoms. The highest BCUT2D eigenvalue weighted by Crippen LogP contribution is 2.22. The van der Waals surface area contributed by atoms with Gasteiger partial charge in [0.1, 0.15) is 0 Å². The van der Waals surface area contributed by atoms with Crippen LogP contribution < -0.4 is 5.32 Å². The van der Waals surface area contributed by atoms with Crippen LogP contribution in [0.1, 0.15) is 53.4 Å². The van der Waals surface area contributed by atoms with Crippen molar-refractivity contribution in [1.82, 2.24) is 10.2 Å². The summed E-state index contributed by atoms with van der Waals surface area (Å²) in [5.41, 5.74) is 0. The molecule has 0 saturated carbocycles. The molecule has 2 heteroatoms. The summed E-state index contributed by atoms with van der Waals surface area (Å²) < 4.78 is 0. The maximum atomic E-state index is 3.66. The molecule has 0 aromatic rings. The molecule has 0 radical (unpaired) electrons. The normalized spacial score (nSPS) is 27.6. The Morgan fingerprint density at radius 2 is 1.94 bits per heavy atom. The van der Waals surface area contributed by atoms with E-state index in [1.165, 1.54) is 38.8 Å². The Morgan fingerprint density at radius 1 is 1.25 bits per heavy atom. The topological polar surface area (TPSA) is 15.3 Å². The van der Waals surface area contributed by atoms with E-state index in [0.29, 0.717) is 0 Å². The van der Waals surface area contributed by atoms with Crippen molar-refractivity contribution in [2.45, 2.75) is 65.5 Å². The van der Waals surface area contributed by atoms with E-state index in [1.807, 2.05) is 0 Å². The van der Waals surface area contributed by atoms with Crippen LogP contribution in [0.4, 0.5) is 0 Å². The molecule has 0 aromatic carbocycles. The molecule has 1 fully saturated rings. The predicted molar refractivity (Wildman–Crippen MR) is 71.8 cm³/mol. The summed E-state index contributed by atoms with van der Waals surface area (Å²) in [5, 5.41) is 3.66. The monoisotopic (exact) mass is 226 g/mol. The van der Waals surface area contributed by atoms with Gasteiger partial charge in [0.2, 0.25) is 0 Å². The summed E-state index contributed by atoms with van der Waals surface area (Å²) in [7, 11) is 0. The third-order valence-corrected chi connectivity index (χ3v) is 4.32. The number of nitrogens with zero attached hydrogens (tertiary/aromatic N) is 1. The van der Waals surface area contributed by atoms with Gasteiger partial charge in [-0.15, -0.1) is 0 Å².